The molecule has 1 rings (SSSR count). The van der Waals surface area contributed by atoms with Crippen LogP contribution in [0.2, 0.25) is 0 Å². The van der Waals surface area contributed by atoms with Gasteiger partial charge in [-0.2, -0.15) is 8.42 Å². The quantitative estimate of drug-likeness (QED) is 0.317. The molecule has 0 aromatic heterocycles. The van der Waals surface area contributed by atoms with Crippen molar-refractivity contribution in [1.82, 2.24) is 0 Å². The Kier molecular flexibility index (Phi) is 6.72. The van der Waals surface area contributed by atoms with Crippen LogP contribution in [0.15, 0.2) is 0 Å². The zero-order chi connectivity index (χ0) is 12.7. The third-order valence-corrected chi connectivity index (χ3v) is 3.75. The maximum Gasteiger partial charge on any atom is 0.265 e. The molecule has 5 nitrogen and oxygen atoms in total. The molecule has 1 saturated heterocycles. The Morgan fingerprint density at radius 1 is 1.41 bits per heavy atom. The van der Waals surface area contributed by atoms with E-state index >= 15 is 0 Å². The minimum absolute atomic E-state index is 0.138. The first-order valence-electron chi connectivity index (χ1n) is 5.16. The van der Waals surface area contributed by atoms with Crippen LogP contribution in [0, 0.1) is 11.8 Å². The van der Waals surface area contributed by atoms with Gasteiger partial charge in [0.15, 0.2) is 6.29 Å². The van der Waals surface area contributed by atoms with E-state index in [0.29, 0.717) is 3.92 Å². The highest BCUT2D eigenvalue weighted by molar-refractivity contribution is 14.1. The number of alkyl halides is 1. The van der Waals surface area contributed by atoms with Gasteiger partial charge >= 0.3 is 0 Å². The molecular formula is C10H15IO5S. The molecule has 0 radical (unpaired) electrons. The van der Waals surface area contributed by atoms with Gasteiger partial charge in [0.1, 0.15) is 13.2 Å². The number of halogens is 1. The Morgan fingerprint density at radius 3 is 2.76 bits per heavy atom. The van der Waals surface area contributed by atoms with E-state index in [2.05, 4.69) is 38.6 Å². The van der Waals surface area contributed by atoms with Crippen LogP contribution in [-0.4, -0.2) is 44.7 Å². The topological polar surface area (TPSA) is 61.8 Å². The summed E-state index contributed by atoms with van der Waals surface area (Å²) in [7, 11) is -3.41. The Hall–Kier alpha value is 0.120. The molecule has 98 valence electrons. The standard InChI is InChI=1S/C10H15IO5S/c1-17(12,13)16-8-3-2-6-14-10-9(11)5-4-7-15-10/h9-10H,4-8H2,1H3/t9-,10-/m1/s1. The zero-order valence-corrected chi connectivity index (χ0v) is 12.5. The average Bonchev–Trinajstić information content (AvgIpc) is 2.24. The lowest BCUT2D eigenvalue weighted by Gasteiger charge is -2.26. The van der Waals surface area contributed by atoms with Gasteiger partial charge in [0.2, 0.25) is 0 Å². The minimum atomic E-state index is -3.41. The van der Waals surface area contributed by atoms with Crippen molar-refractivity contribution in [3.8, 4) is 11.8 Å². The van der Waals surface area contributed by atoms with Crippen molar-refractivity contribution < 1.29 is 22.1 Å². The molecule has 1 aliphatic heterocycles. The van der Waals surface area contributed by atoms with E-state index in [9.17, 15) is 8.42 Å². The highest BCUT2D eigenvalue weighted by atomic mass is 127. The van der Waals surface area contributed by atoms with E-state index in [0.717, 1.165) is 25.7 Å². The lowest BCUT2D eigenvalue weighted by atomic mass is 10.2. The molecule has 7 heteroatoms. The largest absolute Gasteiger partial charge is 0.351 e. The summed E-state index contributed by atoms with van der Waals surface area (Å²) in [6.07, 6.45) is 2.91. The van der Waals surface area contributed by atoms with Crippen LogP contribution in [-0.2, 0) is 23.8 Å². The Bertz CT molecular complexity index is 383. The third-order valence-electron chi connectivity index (χ3n) is 1.99. The fourth-order valence-corrected chi connectivity index (χ4v) is 2.36. The summed E-state index contributed by atoms with van der Waals surface area (Å²) in [6, 6.07) is 0. The van der Waals surface area contributed by atoms with E-state index in [1.807, 2.05) is 0 Å². The first-order valence-corrected chi connectivity index (χ1v) is 8.22. The first-order chi connectivity index (χ1) is 7.99. The lowest BCUT2D eigenvalue weighted by Crippen LogP contribution is -2.32. The summed E-state index contributed by atoms with van der Waals surface area (Å²) < 4.78 is 36.9. The second kappa shape index (κ2) is 7.53. The summed E-state index contributed by atoms with van der Waals surface area (Å²) in [6.45, 7) is 0.799. The van der Waals surface area contributed by atoms with Crippen molar-refractivity contribution in [2.24, 2.45) is 0 Å². The molecule has 17 heavy (non-hydrogen) atoms. The smallest absolute Gasteiger partial charge is 0.265 e. The molecule has 1 heterocycles. The van der Waals surface area contributed by atoms with Crippen molar-refractivity contribution in [2.75, 3.05) is 26.1 Å². The van der Waals surface area contributed by atoms with Crippen LogP contribution in [0.4, 0.5) is 0 Å². The molecule has 0 aliphatic carbocycles. The maximum absolute atomic E-state index is 10.6. The van der Waals surface area contributed by atoms with Crippen molar-refractivity contribution >= 4 is 32.7 Å². The number of rotatable bonds is 4. The van der Waals surface area contributed by atoms with E-state index < -0.39 is 10.1 Å². The monoisotopic (exact) mass is 374 g/mol. The van der Waals surface area contributed by atoms with Gasteiger partial charge in [0.25, 0.3) is 10.1 Å². The van der Waals surface area contributed by atoms with Gasteiger partial charge in [-0.05, 0) is 12.8 Å². The maximum atomic E-state index is 10.6. The predicted molar refractivity (Wildman–Crippen MR) is 71.3 cm³/mol. The summed E-state index contributed by atoms with van der Waals surface area (Å²) in [5.74, 6) is 5.24. The highest BCUT2D eigenvalue weighted by Gasteiger charge is 2.23. The fourth-order valence-electron chi connectivity index (χ4n) is 1.23. The summed E-state index contributed by atoms with van der Waals surface area (Å²) >= 11 is 2.30. The zero-order valence-electron chi connectivity index (χ0n) is 9.52. The Morgan fingerprint density at radius 2 is 2.12 bits per heavy atom. The van der Waals surface area contributed by atoms with Gasteiger partial charge in [-0.1, -0.05) is 34.4 Å². The SMILES string of the molecule is CS(=O)(=O)OCC#CCO[C@@H]1OCCC[C@H]1I. The van der Waals surface area contributed by atoms with Gasteiger partial charge in [-0.3, -0.25) is 4.18 Å². The van der Waals surface area contributed by atoms with Crippen LogP contribution in [0.3, 0.4) is 0 Å². The number of hydrogen-bond acceptors (Lipinski definition) is 5. The van der Waals surface area contributed by atoms with Crippen LogP contribution >= 0.6 is 22.6 Å². The van der Waals surface area contributed by atoms with E-state index in [1.165, 1.54) is 0 Å². The first kappa shape index (κ1) is 15.2. The van der Waals surface area contributed by atoms with E-state index in [1.54, 1.807) is 0 Å². The molecule has 0 unspecified atom stereocenters. The van der Waals surface area contributed by atoms with Crippen molar-refractivity contribution in [3.05, 3.63) is 0 Å². The molecule has 1 fully saturated rings. The average molecular weight is 374 g/mol. The Labute approximate surface area is 115 Å². The second-order valence-corrected chi connectivity index (χ2v) is 6.77. The third kappa shape index (κ3) is 7.21. The molecule has 1 aliphatic rings. The van der Waals surface area contributed by atoms with Crippen molar-refractivity contribution in [3.63, 3.8) is 0 Å². The van der Waals surface area contributed by atoms with Crippen molar-refractivity contribution in [2.45, 2.75) is 23.1 Å². The van der Waals surface area contributed by atoms with Crippen LogP contribution < -0.4 is 0 Å². The van der Waals surface area contributed by atoms with Gasteiger partial charge < -0.3 is 9.47 Å². The molecular weight excluding hydrogens is 359 g/mol. The van der Waals surface area contributed by atoms with Crippen LogP contribution in [0.5, 0.6) is 0 Å². The molecule has 0 bridgehead atoms. The second-order valence-electron chi connectivity index (χ2n) is 3.53. The summed E-state index contributed by atoms with van der Waals surface area (Å²) in [5.41, 5.74) is 0. The fraction of sp³-hybridized carbons (Fsp3) is 0.800. The highest BCUT2D eigenvalue weighted by Crippen LogP contribution is 2.22. The van der Waals surface area contributed by atoms with Crippen LogP contribution in [0.25, 0.3) is 0 Å². The van der Waals surface area contributed by atoms with Crippen LogP contribution in [0.1, 0.15) is 12.8 Å². The van der Waals surface area contributed by atoms with Gasteiger partial charge in [-0.25, -0.2) is 0 Å². The molecule has 0 amide bonds. The van der Waals surface area contributed by atoms with Crippen molar-refractivity contribution in [1.29, 1.82) is 0 Å². The Balaban J connectivity index is 2.16. The number of hydrogen-bond donors (Lipinski definition) is 0. The van der Waals surface area contributed by atoms with E-state index in [-0.39, 0.29) is 19.5 Å². The molecule has 0 saturated carbocycles. The molecule has 2 atom stereocenters. The summed E-state index contributed by atoms with van der Waals surface area (Å²) in [4.78, 5) is 0. The van der Waals surface area contributed by atoms with Gasteiger partial charge in [0.05, 0.1) is 10.2 Å². The normalized spacial score (nSPS) is 25.1. The number of ether oxygens (including phenoxy) is 2. The molecule has 0 aromatic carbocycles. The van der Waals surface area contributed by atoms with Gasteiger partial charge in [0, 0.05) is 6.61 Å². The molecule has 0 aromatic rings. The molecule has 0 spiro atoms. The lowest BCUT2D eigenvalue weighted by molar-refractivity contribution is -0.146. The molecule has 0 N–H and O–H groups in total. The predicted octanol–water partition coefficient (Wildman–Crippen LogP) is 0.923. The summed E-state index contributed by atoms with van der Waals surface area (Å²) in [5, 5.41) is 0. The minimum Gasteiger partial charge on any atom is -0.351 e. The van der Waals surface area contributed by atoms with E-state index in [4.69, 9.17) is 9.47 Å². The van der Waals surface area contributed by atoms with Gasteiger partial charge in [-0.15, -0.1) is 0 Å².